The molecular weight excluding hydrogens is 417 g/mol. The summed E-state index contributed by atoms with van der Waals surface area (Å²) in [6.07, 6.45) is -0.469. The number of ether oxygens (including phenoxy) is 1. The number of pyridine rings is 1. The minimum absolute atomic E-state index is 0.110. The van der Waals surface area contributed by atoms with E-state index in [1.54, 1.807) is 46.0 Å². The fourth-order valence-corrected chi connectivity index (χ4v) is 2.91. The van der Waals surface area contributed by atoms with Crippen LogP contribution in [0.25, 0.3) is 10.9 Å². The van der Waals surface area contributed by atoms with Gasteiger partial charge in [0, 0.05) is 25.5 Å². The van der Waals surface area contributed by atoms with Crippen LogP contribution in [0.5, 0.6) is 0 Å². The van der Waals surface area contributed by atoms with Gasteiger partial charge in [-0.25, -0.2) is 14.2 Å². The van der Waals surface area contributed by atoms with E-state index in [0.29, 0.717) is 9.86 Å². The van der Waals surface area contributed by atoms with Crippen molar-refractivity contribution in [2.45, 2.75) is 33.3 Å². The number of amides is 2. The molecule has 0 saturated carbocycles. The fraction of sp³-hybridized carbons (Fsp3) is 0.421. The number of benzene rings is 1. The van der Waals surface area contributed by atoms with Gasteiger partial charge in [-0.1, -0.05) is 6.07 Å². The average Bonchev–Trinajstić information content (AvgIpc) is 2.57. The zero-order chi connectivity index (χ0) is 20.4. The molecule has 1 heterocycles. The Labute approximate surface area is 166 Å². The summed E-state index contributed by atoms with van der Waals surface area (Å²) in [5.41, 5.74) is 0.524. The minimum atomic E-state index is -0.583. The van der Waals surface area contributed by atoms with Crippen LogP contribution < -0.4 is 5.32 Å². The molecule has 0 aliphatic heterocycles. The molecule has 27 heavy (non-hydrogen) atoms. The Morgan fingerprint density at radius 3 is 2.63 bits per heavy atom. The van der Waals surface area contributed by atoms with Gasteiger partial charge in [0.1, 0.15) is 16.8 Å². The van der Waals surface area contributed by atoms with Crippen molar-refractivity contribution in [1.82, 2.24) is 15.2 Å². The summed E-state index contributed by atoms with van der Waals surface area (Å²) in [5, 5.41) is 3.33. The standard InChI is InChI=1S/C19H23BrFN3O3/c1-11-10-13(20)15(21)16-12(11)6-7-14(23-16)17(25)22-8-9-24(5)18(26)27-19(2,3)4/h6-7,10H,8-9H2,1-5H3,(H,22,25). The summed E-state index contributed by atoms with van der Waals surface area (Å²) in [5.74, 6) is -0.943. The second kappa shape index (κ2) is 8.21. The lowest BCUT2D eigenvalue weighted by Crippen LogP contribution is -2.39. The van der Waals surface area contributed by atoms with E-state index < -0.39 is 23.4 Å². The lowest BCUT2D eigenvalue weighted by molar-refractivity contribution is 0.0299. The first-order valence-corrected chi connectivity index (χ1v) is 9.26. The van der Waals surface area contributed by atoms with Crippen LogP contribution in [0.15, 0.2) is 22.7 Å². The number of likely N-dealkylation sites (N-methyl/N-ethyl adjacent to an activating group) is 1. The number of hydrogen-bond donors (Lipinski definition) is 1. The highest BCUT2D eigenvalue weighted by Gasteiger charge is 2.19. The number of rotatable bonds is 4. The van der Waals surface area contributed by atoms with Crippen molar-refractivity contribution in [3.63, 3.8) is 0 Å². The number of fused-ring (bicyclic) bond motifs is 1. The number of aromatic nitrogens is 1. The Hall–Kier alpha value is -2.22. The van der Waals surface area contributed by atoms with Crippen LogP contribution in [0.4, 0.5) is 9.18 Å². The molecule has 1 aromatic heterocycles. The van der Waals surface area contributed by atoms with Gasteiger partial charge in [-0.2, -0.15) is 0 Å². The van der Waals surface area contributed by atoms with Crippen molar-refractivity contribution in [2.75, 3.05) is 20.1 Å². The van der Waals surface area contributed by atoms with Crippen molar-refractivity contribution in [3.05, 3.63) is 39.7 Å². The topological polar surface area (TPSA) is 71.5 Å². The maximum atomic E-state index is 14.3. The molecule has 6 nitrogen and oxygen atoms in total. The number of carbonyl (C=O) groups is 2. The highest BCUT2D eigenvalue weighted by atomic mass is 79.9. The molecule has 2 rings (SSSR count). The van der Waals surface area contributed by atoms with Crippen molar-refractivity contribution < 1.29 is 18.7 Å². The van der Waals surface area contributed by atoms with Crippen molar-refractivity contribution in [3.8, 4) is 0 Å². The van der Waals surface area contributed by atoms with Gasteiger partial charge in [0.05, 0.1) is 4.47 Å². The first-order valence-electron chi connectivity index (χ1n) is 8.47. The Morgan fingerprint density at radius 1 is 1.33 bits per heavy atom. The molecule has 0 atom stereocenters. The lowest BCUT2D eigenvalue weighted by Gasteiger charge is -2.24. The van der Waals surface area contributed by atoms with Crippen molar-refractivity contribution >= 4 is 38.8 Å². The molecule has 0 unspecified atom stereocenters. The molecule has 0 saturated heterocycles. The van der Waals surface area contributed by atoms with Crippen LogP contribution in [0.3, 0.4) is 0 Å². The molecule has 8 heteroatoms. The second-order valence-corrected chi connectivity index (χ2v) is 8.09. The summed E-state index contributed by atoms with van der Waals surface area (Å²) < 4.78 is 19.8. The van der Waals surface area contributed by atoms with Crippen molar-refractivity contribution in [2.24, 2.45) is 0 Å². The molecular formula is C19H23BrFN3O3. The third-order valence-corrected chi connectivity index (χ3v) is 4.33. The number of aryl methyl sites for hydroxylation is 1. The molecule has 146 valence electrons. The van der Waals surface area contributed by atoms with E-state index in [-0.39, 0.29) is 24.3 Å². The maximum Gasteiger partial charge on any atom is 0.410 e. The first-order chi connectivity index (χ1) is 12.5. The Bertz CT molecular complexity index is 881. The molecule has 0 radical (unpaired) electrons. The summed E-state index contributed by atoms with van der Waals surface area (Å²) in [6, 6.07) is 4.90. The normalized spacial score (nSPS) is 11.4. The zero-order valence-corrected chi connectivity index (χ0v) is 17.6. The Morgan fingerprint density at radius 2 is 2.00 bits per heavy atom. The molecule has 0 aliphatic rings. The Kier molecular flexibility index (Phi) is 6.41. The Balaban J connectivity index is 2.02. The van der Waals surface area contributed by atoms with Crippen LogP contribution >= 0.6 is 15.9 Å². The third kappa shape index (κ3) is 5.38. The molecule has 2 amide bonds. The van der Waals surface area contributed by atoms with E-state index >= 15 is 0 Å². The van der Waals surface area contributed by atoms with E-state index in [9.17, 15) is 14.0 Å². The molecule has 0 bridgehead atoms. The number of hydrogen-bond acceptors (Lipinski definition) is 4. The predicted octanol–water partition coefficient (Wildman–Crippen LogP) is 4.04. The number of halogens is 2. The third-order valence-electron chi connectivity index (χ3n) is 3.75. The van der Waals surface area contributed by atoms with Crippen LogP contribution in [-0.2, 0) is 4.74 Å². The van der Waals surface area contributed by atoms with Crippen molar-refractivity contribution in [1.29, 1.82) is 0 Å². The van der Waals surface area contributed by atoms with E-state index in [2.05, 4.69) is 26.2 Å². The number of nitrogens with zero attached hydrogens (tertiary/aromatic N) is 2. The lowest BCUT2D eigenvalue weighted by atomic mass is 10.1. The predicted molar refractivity (Wildman–Crippen MR) is 105 cm³/mol. The summed E-state index contributed by atoms with van der Waals surface area (Å²) >= 11 is 3.16. The highest BCUT2D eigenvalue weighted by Crippen LogP contribution is 2.27. The SMILES string of the molecule is Cc1cc(Br)c(F)c2nc(C(=O)NCCN(C)C(=O)OC(C)(C)C)ccc12. The number of carbonyl (C=O) groups excluding carboxylic acids is 2. The zero-order valence-electron chi connectivity index (χ0n) is 16.0. The minimum Gasteiger partial charge on any atom is -0.444 e. The van der Waals surface area contributed by atoms with Gasteiger partial charge in [0.2, 0.25) is 0 Å². The monoisotopic (exact) mass is 439 g/mol. The fourth-order valence-electron chi connectivity index (χ4n) is 2.37. The van der Waals surface area contributed by atoms with Gasteiger partial charge in [-0.3, -0.25) is 4.79 Å². The second-order valence-electron chi connectivity index (χ2n) is 7.24. The summed E-state index contributed by atoms with van der Waals surface area (Å²) in [4.78, 5) is 29.7. The first kappa shape index (κ1) is 21.1. The number of nitrogens with one attached hydrogen (secondary N) is 1. The largest absolute Gasteiger partial charge is 0.444 e. The van der Waals surface area contributed by atoms with E-state index in [4.69, 9.17) is 4.74 Å². The average molecular weight is 440 g/mol. The van der Waals surface area contributed by atoms with Gasteiger partial charge in [0.25, 0.3) is 5.91 Å². The smallest absolute Gasteiger partial charge is 0.410 e. The van der Waals surface area contributed by atoms with Crippen LogP contribution in [0.2, 0.25) is 0 Å². The maximum absolute atomic E-state index is 14.3. The summed E-state index contributed by atoms with van der Waals surface area (Å²) in [6.45, 7) is 7.68. The van der Waals surface area contributed by atoms with Gasteiger partial charge in [-0.15, -0.1) is 0 Å². The van der Waals surface area contributed by atoms with E-state index in [0.717, 1.165) is 5.56 Å². The molecule has 1 N–H and O–H groups in total. The molecule has 0 fully saturated rings. The van der Waals surface area contributed by atoms with Gasteiger partial charge in [-0.05, 0) is 61.3 Å². The van der Waals surface area contributed by atoms with Crippen LogP contribution in [0, 0.1) is 12.7 Å². The molecule has 1 aromatic carbocycles. The van der Waals surface area contributed by atoms with Gasteiger partial charge < -0.3 is 15.0 Å². The molecule has 0 aliphatic carbocycles. The van der Waals surface area contributed by atoms with Gasteiger partial charge in [0.15, 0.2) is 5.82 Å². The van der Waals surface area contributed by atoms with Crippen LogP contribution in [-0.4, -0.2) is 47.6 Å². The molecule has 2 aromatic rings. The van der Waals surface area contributed by atoms with E-state index in [1.807, 2.05) is 6.92 Å². The highest BCUT2D eigenvalue weighted by molar-refractivity contribution is 9.10. The van der Waals surface area contributed by atoms with Crippen LogP contribution in [0.1, 0.15) is 36.8 Å². The van der Waals surface area contributed by atoms with Gasteiger partial charge >= 0.3 is 6.09 Å². The summed E-state index contributed by atoms with van der Waals surface area (Å²) in [7, 11) is 1.59. The quantitative estimate of drug-likeness (QED) is 0.779. The molecule has 0 spiro atoms. The van der Waals surface area contributed by atoms with E-state index in [1.165, 1.54) is 4.90 Å².